The van der Waals surface area contributed by atoms with Crippen molar-refractivity contribution in [3.05, 3.63) is 53.6 Å². The number of ether oxygens (including phenoxy) is 3. The number of amides is 2. The minimum Gasteiger partial charge on any atom is -0.497 e. The summed E-state index contributed by atoms with van der Waals surface area (Å²) < 4.78 is 16.0. The van der Waals surface area contributed by atoms with Crippen LogP contribution in [0.1, 0.15) is 38.3 Å². The minimum atomic E-state index is -0.589. The Balaban J connectivity index is 1.71. The zero-order valence-electron chi connectivity index (χ0n) is 18.5. The second kappa shape index (κ2) is 10.2. The minimum absolute atomic E-state index is 0.00141. The van der Waals surface area contributed by atoms with Crippen LogP contribution in [-0.4, -0.2) is 42.7 Å². The monoisotopic (exact) mass is 426 g/mol. The first kappa shape index (κ1) is 22.5. The van der Waals surface area contributed by atoms with Gasteiger partial charge in [0.05, 0.1) is 7.11 Å². The van der Waals surface area contributed by atoms with Crippen LogP contribution in [0.15, 0.2) is 42.5 Å². The largest absolute Gasteiger partial charge is 0.497 e. The summed E-state index contributed by atoms with van der Waals surface area (Å²) in [6.07, 6.45) is 0.836. The second-order valence-electron chi connectivity index (χ2n) is 7.90. The Morgan fingerprint density at radius 1 is 1.03 bits per heavy atom. The van der Waals surface area contributed by atoms with Crippen LogP contribution < -0.4 is 19.5 Å². The molecule has 0 bridgehead atoms. The fourth-order valence-electron chi connectivity index (χ4n) is 3.41. The number of carbonyl (C=O) groups excluding carboxylic acids is 2. The van der Waals surface area contributed by atoms with Gasteiger partial charge in [-0.05, 0) is 62.6 Å². The fraction of sp³-hybridized carbons (Fsp3) is 0.417. The highest BCUT2D eigenvalue weighted by molar-refractivity contribution is 5.87. The van der Waals surface area contributed by atoms with Crippen molar-refractivity contribution >= 4 is 11.8 Å². The molecule has 1 aliphatic rings. The molecule has 0 spiro atoms. The molecule has 3 rings (SSSR count). The van der Waals surface area contributed by atoms with Gasteiger partial charge in [0, 0.05) is 19.0 Å². The third kappa shape index (κ3) is 5.90. The number of carbonyl (C=O) groups is 2. The molecule has 0 radical (unpaired) electrons. The van der Waals surface area contributed by atoms with E-state index in [0.29, 0.717) is 18.7 Å². The van der Waals surface area contributed by atoms with E-state index in [9.17, 15) is 9.59 Å². The summed E-state index contributed by atoms with van der Waals surface area (Å²) in [5.74, 6) is 1.91. The molecule has 31 heavy (non-hydrogen) atoms. The predicted octanol–water partition coefficient (Wildman–Crippen LogP) is 3.30. The lowest BCUT2D eigenvalue weighted by Crippen LogP contribution is -2.49. The molecule has 2 aromatic carbocycles. The molecule has 0 unspecified atom stereocenters. The van der Waals surface area contributed by atoms with Crippen LogP contribution in [0.3, 0.4) is 0 Å². The zero-order valence-corrected chi connectivity index (χ0v) is 18.5. The van der Waals surface area contributed by atoms with E-state index in [4.69, 9.17) is 14.2 Å². The quantitative estimate of drug-likeness (QED) is 0.666. The van der Waals surface area contributed by atoms with Crippen molar-refractivity contribution in [3.63, 3.8) is 0 Å². The Hall–Kier alpha value is -3.22. The van der Waals surface area contributed by atoms with Gasteiger partial charge < -0.3 is 24.4 Å². The number of nitrogens with zero attached hydrogens (tertiary/aromatic N) is 1. The summed E-state index contributed by atoms with van der Waals surface area (Å²) in [5, 5.41) is 2.90. The van der Waals surface area contributed by atoms with E-state index in [-0.39, 0.29) is 31.1 Å². The number of aryl methyl sites for hydroxylation is 1. The molecule has 166 valence electrons. The molecule has 2 aromatic rings. The maximum atomic E-state index is 13.2. The van der Waals surface area contributed by atoms with Gasteiger partial charge in [0.25, 0.3) is 0 Å². The Bertz CT molecular complexity index is 911. The molecule has 1 aliphatic heterocycles. The maximum Gasteiger partial charge on any atom is 0.242 e. The zero-order chi connectivity index (χ0) is 22.4. The summed E-state index contributed by atoms with van der Waals surface area (Å²) in [6, 6.07) is 12.6. The van der Waals surface area contributed by atoms with Crippen LogP contribution in [0.2, 0.25) is 0 Å². The van der Waals surface area contributed by atoms with E-state index >= 15 is 0 Å². The van der Waals surface area contributed by atoms with Gasteiger partial charge in [0.1, 0.15) is 11.8 Å². The molecule has 7 heteroatoms. The molecule has 7 nitrogen and oxygen atoms in total. The summed E-state index contributed by atoms with van der Waals surface area (Å²) in [5.41, 5.74) is 1.92. The Morgan fingerprint density at radius 2 is 1.71 bits per heavy atom. The van der Waals surface area contributed by atoms with Crippen molar-refractivity contribution in [2.75, 3.05) is 13.9 Å². The standard InChI is InChI=1S/C24H30N2O5/c1-16(2)25-24(28)17(3)26(14-19-5-9-20(29-4)10-6-19)23(27)12-8-18-7-11-21-22(13-18)31-15-30-21/h5-7,9-11,13,16-17H,8,12,14-15H2,1-4H3,(H,25,28)/t17-/m1/s1. The van der Waals surface area contributed by atoms with E-state index in [1.165, 1.54) is 0 Å². The van der Waals surface area contributed by atoms with E-state index in [1.807, 2.05) is 56.3 Å². The van der Waals surface area contributed by atoms with E-state index in [1.54, 1.807) is 18.9 Å². The van der Waals surface area contributed by atoms with E-state index in [2.05, 4.69) is 5.32 Å². The highest BCUT2D eigenvalue weighted by atomic mass is 16.7. The van der Waals surface area contributed by atoms with Crippen molar-refractivity contribution in [3.8, 4) is 17.2 Å². The molecular weight excluding hydrogens is 396 g/mol. The number of hydrogen-bond donors (Lipinski definition) is 1. The Kier molecular flexibility index (Phi) is 7.39. The molecule has 2 amide bonds. The van der Waals surface area contributed by atoms with Crippen molar-refractivity contribution in [1.82, 2.24) is 10.2 Å². The lowest BCUT2D eigenvalue weighted by atomic mass is 10.1. The Labute approximate surface area is 183 Å². The smallest absolute Gasteiger partial charge is 0.242 e. The predicted molar refractivity (Wildman–Crippen MR) is 117 cm³/mol. The van der Waals surface area contributed by atoms with Gasteiger partial charge in [0.2, 0.25) is 18.6 Å². The van der Waals surface area contributed by atoms with Crippen LogP contribution in [0.25, 0.3) is 0 Å². The molecule has 1 heterocycles. The van der Waals surface area contributed by atoms with Gasteiger partial charge in [-0.15, -0.1) is 0 Å². The number of methoxy groups -OCH3 is 1. The van der Waals surface area contributed by atoms with Crippen LogP contribution in [-0.2, 0) is 22.6 Å². The van der Waals surface area contributed by atoms with Crippen LogP contribution in [0, 0.1) is 0 Å². The van der Waals surface area contributed by atoms with Gasteiger partial charge in [0.15, 0.2) is 11.5 Å². The van der Waals surface area contributed by atoms with E-state index < -0.39 is 6.04 Å². The molecule has 0 aliphatic carbocycles. The van der Waals surface area contributed by atoms with Crippen LogP contribution in [0.5, 0.6) is 17.2 Å². The van der Waals surface area contributed by atoms with Crippen molar-refractivity contribution in [2.24, 2.45) is 0 Å². The summed E-state index contributed by atoms with van der Waals surface area (Å²) in [4.78, 5) is 27.4. The fourth-order valence-corrected chi connectivity index (χ4v) is 3.41. The van der Waals surface area contributed by atoms with Gasteiger partial charge in [-0.1, -0.05) is 18.2 Å². The molecule has 0 fully saturated rings. The van der Waals surface area contributed by atoms with Gasteiger partial charge in [-0.3, -0.25) is 9.59 Å². The van der Waals surface area contributed by atoms with Crippen molar-refractivity contribution in [1.29, 1.82) is 0 Å². The summed E-state index contributed by atoms with van der Waals surface area (Å²) in [7, 11) is 1.61. The lowest BCUT2D eigenvalue weighted by molar-refractivity contribution is -0.140. The van der Waals surface area contributed by atoms with Crippen molar-refractivity contribution in [2.45, 2.75) is 52.2 Å². The number of hydrogen-bond acceptors (Lipinski definition) is 5. The highest BCUT2D eigenvalue weighted by Gasteiger charge is 2.26. The van der Waals surface area contributed by atoms with Crippen molar-refractivity contribution < 1.29 is 23.8 Å². The maximum absolute atomic E-state index is 13.2. The number of fused-ring (bicyclic) bond motifs is 1. The van der Waals surface area contributed by atoms with Gasteiger partial charge >= 0.3 is 0 Å². The molecule has 0 saturated carbocycles. The number of nitrogens with one attached hydrogen (secondary N) is 1. The van der Waals surface area contributed by atoms with Gasteiger partial charge in [-0.2, -0.15) is 0 Å². The second-order valence-corrected chi connectivity index (χ2v) is 7.90. The summed E-state index contributed by atoms with van der Waals surface area (Å²) in [6.45, 7) is 6.13. The first-order chi connectivity index (χ1) is 14.9. The molecular formula is C24H30N2O5. The lowest BCUT2D eigenvalue weighted by Gasteiger charge is -2.29. The SMILES string of the molecule is COc1ccc(CN(C(=O)CCc2ccc3c(c2)OCO3)[C@H](C)C(=O)NC(C)C)cc1. The number of rotatable bonds is 9. The first-order valence-corrected chi connectivity index (χ1v) is 10.5. The Morgan fingerprint density at radius 3 is 2.39 bits per heavy atom. The van der Waals surface area contributed by atoms with Crippen LogP contribution >= 0.6 is 0 Å². The molecule has 0 aromatic heterocycles. The van der Waals surface area contributed by atoms with E-state index in [0.717, 1.165) is 22.6 Å². The third-order valence-electron chi connectivity index (χ3n) is 5.17. The topological polar surface area (TPSA) is 77.1 Å². The molecule has 1 atom stereocenters. The third-order valence-corrected chi connectivity index (χ3v) is 5.17. The van der Waals surface area contributed by atoms with Crippen LogP contribution in [0.4, 0.5) is 0 Å². The summed E-state index contributed by atoms with van der Waals surface area (Å²) >= 11 is 0. The van der Waals surface area contributed by atoms with Gasteiger partial charge in [-0.25, -0.2) is 0 Å². The first-order valence-electron chi connectivity index (χ1n) is 10.5. The molecule has 1 N–H and O–H groups in total. The molecule has 0 saturated heterocycles. The normalized spacial score (nSPS) is 13.1. The average Bonchev–Trinajstić information content (AvgIpc) is 3.23. The average molecular weight is 427 g/mol. The number of benzene rings is 2. The highest BCUT2D eigenvalue weighted by Crippen LogP contribution is 2.32.